The Hall–Kier alpha value is -2.61. The van der Waals surface area contributed by atoms with Crippen LogP contribution in [0.25, 0.3) is 0 Å². The zero-order chi connectivity index (χ0) is 18.2. The van der Waals surface area contributed by atoms with Gasteiger partial charge in [0, 0.05) is 11.4 Å². The molecule has 0 aliphatic rings. The van der Waals surface area contributed by atoms with E-state index >= 15 is 0 Å². The van der Waals surface area contributed by atoms with Crippen LogP contribution in [0, 0.1) is 13.8 Å². The molecule has 25 heavy (non-hydrogen) atoms. The Morgan fingerprint density at radius 1 is 1.32 bits per heavy atom. The highest BCUT2D eigenvalue weighted by molar-refractivity contribution is 7.99. The van der Waals surface area contributed by atoms with Crippen LogP contribution < -0.4 is 10.2 Å². The molecule has 132 valence electrons. The van der Waals surface area contributed by atoms with E-state index in [0.29, 0.717) is 23.1 Å². The van der Waals surface area contributed by atoms with Gasteiger partial charge >= 0.3 is 0 Å². The number of carbonyl (C=O) groups is 1. The molecule has 0 radical (unpaired) electrons. The third kappa shape index (κ3) is 6.07. The van der Waals surface area contributed by atoms with Gasteiger partial charge in [-0.3, -0.25) is 4.79 Å². The van der Waals surface area contributed by atoms with Crippen LogP contribution in [0.1, 0.15) is 23.9 Å². The lowest BCUT2D eigenvalue weighted by Crippen LogP contribution is -2.19. The number of phenolic OH excluding ortho intramolecular Hbond substituents is 1. The van der Waals surface area contributed by atoms with Crippen LogP contribution in [0.2, 0.25) is 0 Å². The summed E-state index contributed by atoms with van der Waals surface area (Å²) in [5.41, 5.74) is 4.88. The molecule has 0 aliphatic carbocycles. The van der Waals surface area contributed by atoms with Crippen LogP contribution in [0.3, 0.4) is 0 Å². The number of carbonyl (C=O) groups excluding carboxylic acids is 1. The molecule has 7 nitrogen and oxygen atoms in total. The second-order valence-corrected chi connectivity index (χ2v) is 6.12. The molecule has 0 spiro atoms. The number of aryl methyl sites for hydroxylation is 2. The van der Waals surface area contributed by atoms with E-state index in [1.807, 2.05) is 26.8 Å². The summed E-state index contributed by atoms with van der Waals surface area (Å²) in [6, 6.07) is 6.71. The smallest absolute Gasteiger partial charge is 0.250 e. The molecule has 0 saturated carbocycles. The second-order valence-electron chi connectivity index (χ2n) is 5.18. The average molecular weight is 360 g/mol. The van der Waals surface area contributed by atoms with Crippen LogP contribution >= 0.6 is 11.8 Å². The largest absolute Gasteiger partial charge is 0.504 e. The topological polar surface area (TPSA) is 96.7 Å². The average Bonchev–Trinajstić information content (AvgIpc) is 2.55. The molecule has 0 atom stereocenters. The normalized spacial score (nSPS) is 10.8. The van der Waals surface area contributed by atoms with Crippen molar-refractivity contribution in [1.29, 1.82) is 0 Å². The van der Waals surface area contributed by atoms with Crippen molar-refractivity contribution in [1.82, 2.24) is 15.4 Å². The number of aromatic nitrogens is 2. The Morgan fingerprint density at radius 2 is 2.04 bits per heavy atom. The van der Waals surface area contributed by atoms with E-state index in [2.05, 4.69) is 20.5 Å². The van der Waals surface area contributed by atoms with Gasteiger partial charge in [-0.1, -0.05) is 11.8 Å². The van der Waals surface area contributed by atoms with Crippen molar-refractivity contribution in [3.63, 3.8) is 0 Å². The van der Waals surface area contributed by atoms with Gasteiger partial charge in [0.25, 0.3) is 5.91 Å². The number of hydrogen-bond donors (Lipinski definition) is 2. The van der Waals surface area contributed by atoms with E-state index in [0.717, 1.165) is 11.4 Å². The van der Waals surface area contributed by atoms with E-state index in [4.69, 9.17) is 4.74 Å². The fraction of sp³-hybridized carbons (Fsp3) is 0.294. The highest BCUT2D eigenvalue weighted by Gasteiger charge is 2.06. The van der Waals surface area contributed by atoms with E-state index in [1.165, 1.54) is 24.0 Å². The van der Waals surface area contributed by atoms with Gasteiger partial charge < -0.3 is 9.84 Å². The van der Waals surface area contributed by atoms with Crippen LogP contribution in [0.4, 0.5) is 0 Å². The quantitative estimate of drug-likeness (QED) is 0.341. The number of aromatic hydroxyl groups is 1. The molecule has 1 aromatic carbocycles. The first-order valence-electron chi connectivity index (χ1n) is 7.70. The number of amides is 1. The van der Waals surface area contributed by atoms with E-state index in [9.17, 15) is 9.90 Å². The predicted octanol–water partition coefficient (Wildman–Crippen LogP) is 2.44. The highest BCUT2D eigenvalue weighted by Crippen LogP contribution is 2.26. The van der Waals surface area contributed by atoms with Crippen LogP contribution in [-0.4, -0.2) is 39.6 Å². The number of phenols is 1. The van der Waals surface area contributed by atoms with Gasteiger partial charge in [-0.2, -0.15) is 5.10 Å². The molecule has 1 aromatic heterocycles. The highest BCUT2D eigenvalue weighted by atomic mass is 32.2. The number of nitrogens with zero attached hydrogens (tertiary/aromatic N) is 3. The van der Waals surface area contributed by atoms with E-state index in [-0.39, 0.29) is 17.4 Å². The first-order chi connectivity index (χ1) is 12.0. The first kappa shape index (κ1) is 18.7. The minimum Gasteiger partial charge on any atom is -0.504 e. The number of hydrazone groups is 1. The van der Waals surface area contributed by atoms with Crippen molar-refractivity contribution in [2.24, 2.45) is 5.10 Å². The van der Waals surface area contributed by atoms with Gasteiger partial charge in [0.15, 0.2) is 16.7 Å². The Labute approximate surface area is 150 Å². The van der Waals surface area contributed by atoms with Gasteiger partial charge in [0.1, 0.15) is 0 Å². The second kappa shape index (κ2) is 9.03. The van der Waals surface area contributed by atoms with Gasteiger partial charge in [-0.25, -0.2) is 15.4 Å². The summed E-state index contributed by atoms with van der Waals surface area (Å²) >= 11 is 1.25. The van der Waals surface area contributed by atoms with Crippen LogP contribution in [0.15, 0.2) is 34.5 Å². The maximum absolute atomic E-state index is 11.8. The van der Waals surface area contributed by atoms with Crippen molar-refractivity contribution in [3.8, 4) is 11.5 Å². The molecule has 0 unspecified atom stereocenters. The number of rotatable bonds is 7. The zero-order valence-electron chi connectivity index (χ0n) is 14.3. The minimum atomic E-state index is -0.257. The van der Waals surface area contributed by atoms with Crippen molar-refractivity contribution < 1.29 is 14.6 Å². The maximum atomic E-state index is 11.8. The number of benzene rings is 1. The molecule has 8 heteroatoms. The molecule has 0 saturated heterocycles. The predicted molar refractivity (Wildman–Crippen MR) is 97.2 cm³/mol. The molecule has 0 aliphatic heterocycles. The van der Waals surface area contributed by atoms with Crippen molar-refractivity contribution in [2.45, 2.75) is 25.9 Å². The lowest BCUT2D eigenvalue weighted by atomic mass is 10.2. The summed E-state index contributed by atoms with van der Waals surface area (Å²) in [5.74, 6) is 0.348. The van der Waals surface area contributed by atoms with Gasteiger partial charge in [0.05, 0.1) is 18.6 Å². The van der Waals surface area contributed by atoms with Gasteiger partial charge in [-0.15, -0.1) is 0 Å². The Morgan fingerprint density at radius 3 is 2.72 bits per heavy atom. The number of nitrogens with one attached hydrogen (secondary N) is 1. The summed E-state index contributed by atoms with van der Waals surface area (Å²) in [5, 5.41) is 14.1. The third-order valence-corrected chi connectivity index (χ3v) is 3.83. The lowest BCUT2D eigenvalue weighted by molar-refractivity contribution is -0.118. The molecule has 2 rings (SSSR count). The van der Waals surface area contributed by atoms with Crippen molar-refractivity contribution in [2.75, 3.05) is 12.4 Å². The lowest BCUT2D eigenvalue weighted by Gasteiger charge is -2.06. The summed E-state index contributed by atoms with van der Waals surface area (Å²) in [7, 11) is 0. The summed E-state index contributed by atoms with van der Waals surface area (Å²) in [6.45, 7) is 6.05. The molecule has 2 aromatic rings. The Bertz CT molecular complexity index is 760. The molecular formula is C17H20N4O3S. The molecule has 0 bridgehead atoms. The summed E-state index contributed by atoms with van der Waals surface area (Å²) < 4.78 is 5.30. The maximum Gasteiger partial charge on any atom is 0.250 e. The fourth-order valence-corrected chi connectivity index (χ4v) is 2.72. The van der Waals surface area contributed by atoms with Crippen LogP contribution in [0.5, 0.6) is 11.5 Å². The molecule has 1 amide bonds. The van der Waals surface area contributed by atoms with Crippen molar-refractivity contribution >= 4 is 23.9 Å². The van der Waals surface area contributed by atoms with Gasteiger partial charge in [-0.05, 0) is 50.6 Å². The minimum absolute atomic E-state index is 0.0629. The van der Waals surface area contributed by atoms with E-state index in [1.54, 1.807) is 12.1 Å². The standard InChI is InChI=1S/C17H20N4O3S/c1-4-24-15-8-13(5-6-14(15)22)9-18-21-16(23)10-25-17-19-11(2)7-12(3)20-17/h5-9,22H,4,10H2,1-3H3,(H,21,23)/b18-9-. The Kier molecular flexibility index (Phi) is 6.76. The monoisotopic (exact) mass is 360 g/mol. The van der Waals surface area contributed by atoms with Crippen molar-refractivity contribution in [3.05, 3.63) is 41.2 Å². The van der Waals surface area contributed by atoms with Gasteiger partial charge in [0.2, 0.25) is 0 Å². The summed E-state index contributed by atoms with van der Waals surface area (Å²) in [4.78, 5) is 20.4. The number of ether oxygens (including phenoxy) is 1. The molecule has 0 fully saturated rings. The number of thioether (sulfide) groups is 1. The fourth-order valence-electron chi connectivity index (χ4n) is 1.98. The van der Waals surface area contributed by atoms with E-state index < -0.39 is 0 Å². The molecule has 2 N–H and O–H groups in total. The zero-order valence-corrected chi connectivity index (χ0v) is 15.1. The summed E-state index contributed by atoms with van der Waals surface area (Å²) in [6.07, 6.45) is 1.48. The SMILES string of the molecule is CCOc1cc(/C=N\NC(=O)CSc2nc(C)cc(C)n2)ccc1O. The third-order valence-electron chi connectivity index (χ3n) is 2.98. The first-order valence-corrected chi connectivity index (χ1v) is 8.69. The van der Waals surface area contributed by atoms with Crippen LogP contribution in [-0.2, 0) is 4.79 Å². The molecule has 1 heterocycles. The number of hydrogen-bond acceptors (Lipinski definition) is 7. The molecular weight excluding hydrogens is 340 g/mol. The Balaban J connectivity index is 1.87.